The van der Waals surface area contributed by atoms with E-state index in [2.05, 4.69) is 5.10 Å². The molecule has 5 heteroatoms. The van der Waals surface area contributed by atoms with Gasteiger partial charge in [-0.25, -0.2) is 9.48 Å². The molecule has 0 aliphatic carbocycles. The molecule has 0 amide bonds. The molecule has 0 aliphatic heterocycles. The summed E-state index contributed by atoms with van der Waals surface area (Å²) in [5, 5.41) is 14.0. The normalized spacial score (nSPS) is 10.7. The van der Waals surface area contributed by atoms with E-state index < -0.39 is 5.97 Å². The van der Waals surface area contributed by atoms with Gasteiger partial charge < -0.3 is 5.11 Å². The minimum Gasteiger partial charge on any atom is -0.478 e. The average molecular weight is 265 g/mol. The molecule has 4 nitrogen and oxygen atoms in total. The number of aromatic carboxylic acids is 1. The fraction of sp³-hybridized carbons (Fsp3) is 0.231. The summed E-state index contributed by atoms with van der Waals surface area (Å²) < 4.78 is 1.60. The number of halogens is 1. The highest BCUT2D eigenvalue weighted by Gasteiger charge is 2.18. The molecule has 18 heavy (non-hydrogen) atoms. The van der Waals surface area contributed by atoms with E-state index in [4.69, 9.17) is 16.7 Å². The molecule has 1 heterocycles. The van der Waals surface area contributed by atoms with Crippen LogP contribution in [0.1, 0.15) is 27.3 Å². The maximum absolute atomic E-state index is 11.1. The SMILES string of the molecule is Cc1ccc(-n2nc(C)c(C(=O)O)c2C)cc1Cl. The van der Waals surface area contributed by atoms with Gasteiger partial charge in [-0.3, -0.25) is 0 Å². The second kappa shape index (κ2) is 4.46. The number of nitrogens with zero attached hydrogens (tertiary/aromatic N) is 2. The average Bonchev–Trinajstić information content (AvgIpc) is 2.58. The van der Waals surface area contributed by atoms with Gasteiger partial charge in [-0.1, -0.05) is 17.7 Å². The number of hydrogen-bond acceptors (Lipinski definition) is 2. The third-order valence-electron chi connectivity index (χ3n) is 2.91. The Balaban J connectivity index is 2.61. The fourth-order valence-corrected chi connectivity index (χ4v) is 2.09. The van der Waals surface area contributed by atoms with Crippen molar-refractivity contribution >= 4 is 17.6 Å². The summed E-state index contributed by atoms with van der Waals surface area (Å²) in [6.07, 6.45) is 0. The first-order chi connectivity index (χ1) is 8.41. The lowest BCUT2D eigenvalue weighted by molar-refractivity contribution is 0.0695. The van der Waals surface area contributed by atoms with E-state index in [0.29, 0.717) is 16.4 Å². The first-order valence-electron chi connectivity index (χ1n) is 5.48. The van der Waals surface area contributed by atoms with Crippen molar-refractivity contribution in [3.05, 3.63) is 45.7 Å². The van der Waals surface area contributed by atoms with Crippen molar-refractivity contribution < 1.29 is 9.90 Å². The lowest BCUT2D eigenvalue weighted by Gasteiger charge is -2.06. The van der Waals surface area contributed by atoms with Gasteiger partial charge in [0.2, 0.25) is 0 Å². The Labute approximate surface area is 110 Å². The first-order valence-corrected chi connectivity index (χ1v) is 5.85. The predicted molar refractivity (Wildman–Crippen MR) is 69.7 cm³/mol. The molecule has 0 atom stereocenters. The van der Waals surface area contributed by atoms with Gasteiger partial charge in [0.1, 0.15) is 5.56 Å². The van der Waals surface area contributed by atoms with Gasteiger partial charge in [-0.15, -0.1) is 0 Å². The van der Waals surface area contributed by atoms with Gasteiger partial charge in [0, 0.05) is 5.02 Å². The van der Waals surface area contributed by atoms with Crippen molar-refractivity contribution in [2.24, 2.45) is 0 Å². The largest absolute Gasteiger partial charge is 0.478 e. The van der Waals surface area contributed by atoms with Crippen molar-refractivity contribution in [1.29, 1.82) is 0 Å². The van der Waals surface area contributed by atoms with Crippen LogP contribution in [0.25, 0.3) is 5.69 Å². The van der Waals surface area contributed by atoms with Crippen LogP contribution in [0.4, 0.5) is 0 Å². The quantitative estimate of drug-likeness (QED) is 0.907. The molecule has 0 aliphatic rings. The van der Waals surface area contributed by atoms with Crippen LogP contribution in [0, 0.1) is 20.8 Å². The second-order valence-electron chi connectivity index (χ2n) is 4.20. The van der Waals surface area contributed by atoms with Crippen molar-refractivity contribution in [1.82, 2.24) is 9.78 Å². The fourth-order valence-electron chi connectivity index (χ4n) is 1.92. The summed E-state index contributed by atoms with van der Waals surface area (Å²) in [5.41, 5.74) is 3.07. The van der Waals surface area contributed by atoms with E-state index in [1.165, 1.54) is 0 Å². The maximum Gasteiger partial charge on any atom is 0.339 e. The molecule has 2 aromatic rings. The van der Waals surface area contributed by atoms with Crippen LogP contribution < -0.4 is 0 Å². The highest BCUT2D eigenvalue weighted by atomic mass is 35.5. The first kappa shape index (κ1) is 12.6. The zero-order chi connectivity index (χ0) is 13.4. The topological polar surface area (TPSA) is 55.1 Å². The molecule has 2 rings (SSSR count). The minimum absolute atomic E-state index is 0.242. The molecule has 0 saturated carbocycles. The highest BCUT2D eigenvalue weighted by molar-refractivity contribution is 6.31. The van der Waals surface area contributed by atoms with Crippen LogP contribution in [0.2, 0.25) is 5.02 Å². The lowest BCUT2D eigenvalue weighted by atomic mass is 10.2. The van der Waals surface area contributed by atoms with Gasteiger partial charge in [-0.2, -0.15) is 5.10 Å². The number of aryl methyl sites for hydroxylation is 2. The Morgan fingerprint density at radius 2 is 2.00 bits per heavy atom. The lowest BCUT2D eigenvalue weighted by Crippen LogP contribution is -2.02. The summed E-state index contributed by atoms with van der Waals surface area (Å²) >= 11 is 6.07. The number of carboxylic acids is 1. The van der Waals surface area contributed by atoms with Crippen LogP contribution in [0.5, 0.6) is 0 Å². The Hall–Kier alpha value is -1.81. The summed E-state index contributed by atoms with van der Waals surface area (Å²) in [5.74, 6) is -0.963. The molecule has 1 aromatic heterocycles. The van der Waals surface area contributed by atoms with Gasteiger partial charge in [0.25, 0.3) is 0 Å². The van der Waals surface area contributed by atoms with Crippen molar-refractivity contribution in [3.63, 3.8) is 0 Å². The maximum atomic E-state index is 11.1. The van der Waals surface area contributed by atoms with E-state index in [1.807, 2.05) is 19.1 Å². The Bertz CT molecular complexity index is 632. The Kier molecular flexibility index (Phi) is 3.13. The summed E-state index contributed by atoms with van der Waals surface area (Å²) in [4.78, 5) is 11.1. The Morgan fingerprint density at radius 3 is 2.50 bits per heavy atom. The number of hydrogen-bond donors (Lipinski definition) is 1. The van der Waals surface area contributed by atoms with Gasteiger partial charge in [0.15, 0.2) is 0 Å². The smallest absolute Gasteiger partial charge is 0.339 e. The second-order valence-corrected chi connectivity index (χ2v) is 4.60. The van der Waals surface area contributed by atoms with Crippen LogP contribution in [0.3, 0.4) is 0 Å². The van der Waals surface area contributed by atoms with Gasteiger partial charge in [-0.05, 0) is 38.5 Å². The molecule has 94 valence electrons. The molecule has 0 saturated heterocycles. The zero-order valence-electron chi connectivity index (χ0n) is 10.4. The van der Waals surface area contributed by atoms with E-state index in [0.717, 1.165) is 11.3 Å². The molecule has 0 radical (unpaired) electrons. The summed E-state index contributed by atoms with van der Waals surface area (Å²) in [6.45, 7) is 5.33. The van der Waals surface area contributed by atoms with E-state index >= 15 is 0 Å². The van der Waals surface area contributed by atoms with Gasteiger partial charge in [0.05, 0.1) is 17.1 Å². The summed E-state index contributed by atoms with van der Waals surface area (Å²) in [7, 11) is 0. The van der Waals surface area contributed by atoms with Crippen LogP contribution in [-0.4, -0.2) is 20.9 Å². The number of carbonyl (C=O) groups is 1. The van der Waals surface area contributed by atoms with E-state index in [1.54, 1.807) is 24.6 Å². The van der Waals surface area contributed by atoms with Gasteiger partial charge >= 0.3 is 5.97 Å². The number of benzene rings is 1. The standard InChI is InChI=1S/C13H13ClN2O2/c1-7-4-5-10(6-11(7)14)16-9(3)12(13(17)18)8(2)15-16/h4-6H,1-3H3,(H,17,18). The zero-order valence-corrected chi connectivity index (χ0v) is 11.1. The molecule has 0 spiro atoms. The highest BCUT2D eigenvalue weighted by Crippen LogP contribution is 2.22. The van der Waals surface area contributed by atoms with Crippen LogP contribution >= 0.6 is 11.6 Å². The van der Waals surface area contributed by atoms with E-state index in [-0.39, 0.29) is 5.56 Å². The third-order valence-corrected chi connectivity index (χ3v) is 3.31. The van der Waals surface area contributed by atoms with Crippen LogP contribution in [0.15, 0.2) is 18.2 Å². The monoisotopic (exact) mass is 264 g/mol. The Morgan fingerprint density at radius 1 is 1.33 bits per heavy atom. The molecule has 0 fully saturated rings. The summed E-state index contributed by atoms with van der Waals surface area (Å²) in [6, 6.07) is 5.53. The molecule has 1 aromatic carbocycles. The molecule has 1 N–H and O–H groups in total. The predicted octanol–water partition coefficient (Wildman–Crippen LogP) is 3.15. The number of aromatic nitrogens is 2. The van der Waals surface area contributed by atoms with Crippen molar-refractivity contribution in [2.75, 3.05) is 0 Å². The molecular weight excluding hydrogens is 252 g/mol. The molecular formula is C13H13ClN2O2. The number of carboxylic acid groups (broad SMARTS) is 1. The third kappa shape index (κ3) is 1.99. The van der Waals surface area contributed by atoms with Crippen molar-refractivity contribution in [2.45, 2.75) is 20.8 Å². The van der Waals surface area contributed by atoms with Crippen molar-refractivity contribution in [3.8, 4) is 5.69 Å². The molecule has 0 bridgehead atoms. The molecule has 0 unspecified atom stereocenters. The van der Waals surface area contributed by atoms with Crippen LogP contribution in [-0.2, 0) is 0 Å². The minimum atomic E-state index is -0.963. The number of rotatable bonds is 2. The van der Waals surface area contributed by atoms with E-state index in [9.17, 15) is 4.79 Å².